The number of halogens is 1. The number of aliphatic hydroxyl groups is 1. The van der Waals surface area contributed by atoms with E-state index in [9.17, 15) is 14.3 Å². The molecule has 9 nitrogen and oxygen atoms in total. The molecule has 0 amide bonds. The van der Waals surface area contributed by atoms with Crippen molar-refractivity contribution < 1.29 is 23.8 Å². The summed E-state index contributed by atoms with van der Waals surface area (Å²) in [4.78, 5) is 29.0. The Morgan fingerprint density at radius 3 is 2.84 bits per heavy atom. The van der Waals surface area contributed by atoms with E-state index in [0.717, 1.165) is 6.42 Å². The predicted octanol–water partition coefficient (Wildman–Crippen LogP) is 4.93. The number of hydrogen-bond acceptors (Lipinski definition) is 7. The van der Waals surface area contributed by atoms with Crippen LogP contribution >= 0.6 is 0 Å². The molecule has 0 saturated carbocycles. The zero-order chi connectivity index (χ0) is 25.9. The topological polar surface area (TPSA) is 114 Å². The van der Waals surface area contributed by atoms with Crippen LogP contribution in [0, 0.1) is 19.3 Å². The second-order valence-corrected chi connectivity index (χ2v) is 8.76. The first-order valence-corrected chi connectivity index (χ1v) is 11.8. The first-order valence-electron chi connectivity index (χ1n) is 11.8. The van der Waals surface area contributed by atoms with Gasteiger partial charge in [-0.15, -0.1) is 0 Å². The number of H-pyrrole nitrogens is 1. The minimum Gasteiger partial charge on any atom is -0.436 e. The average molecular weight is 502 g/mol. The van der Waals surface area contributed by atoms with Crippen LogP contribution in [0.5, 0.6) is 11.6 Å². The van der Waals surface area contributed by atoms with Gasteiger partial charge in [-0.3, -0.25) is 4.79 Å². The van der Waals surface area contributed by atoms with E-state index in [2.05, 4.69) is 25.1 Å². The van der Waals surface area contributed by atoms with E-state index >= 15 is 0 Å². The molecule has 4 aromatic rings. The summed E-state index contributed by atoms with van der Waals surface area (Å²) in [5.41, 5.74) is 2.35. The number of ether oxygens (including phenoxy) is 2. The van der Waals surface area contributed by atoms with Crippen molar-refractivity contribution in [3.05, 3.63) is 82.8 Å². The standard InChI is InChI=1S/C27H24FN5O4/c1-15-18(9-10-23(32-15)37-22-6-4-3-5-20(22)28)26(35)19-11-30-27-24(19)25(21(29-2)12-31-27)33-16-7-8-17(13-34)36-14-16/h3-6,9-12,16-17,34H,7-8,13-14H2,1H3,(H2,30,31,33)/t16-,17+/m1/s1. The van der Waals surface area contributed by atoms with Gasteiger partial charge in [-0.25, -0.2) is 19.2 Å². The fourth-order valence-electron chi connectivity index (χ4n) is 4.38. The summed E-state index contributed by atoms with van der Waals surface area (Å²) in [7, 11) is 0. The number of aromatic amines is 1. The van der Waals surface area contributed by atoms with Crippen LogP contribution < -0.4 is 10.1 Å². The maximum absolute atomic E-state index is 14.0. The average Bonchev–Trinajstić information content (AvgIpc) is 3.35. The molecule has 2 atom stereocenters. The Bertz CT molecular complexity index is 1500. The summed E-state index contributed by atoms with van der Waals surface area (Å²) in [5, 5.41) is 13.2. The Balaban J connectivity index is 1.47. The Morgan fingerprint density at radius 1 is 1.30 bits per heavy atom. The van der Waals surface area contributed by atoms with Crippen LogP contribution in [-0.4, -0.2) is 51.2 Å². The molecule has 1 fully saturated rings. The number of pyridine rings is 2. The van der Waals surface area contributed by atoms with E-state index in [0.29, 0.717) is 46.6 Å². The lowest BCUT2D eigenvalue weighted by Gasteiger charge is -2.29. The lowest BCUT2D eigenvalue weighted by Crippen LogP contribution is -2.36. The Labute approximate surface area is 212 Å². The first-order chi connectivity index (χ1) is 18.0. The first kappa shape index (κ1) is 24.4. The van der Waals surface area contributed by atoms with Gasteiger partial charge < -0.3 is 24.9 Å². The molecule has 1 saturated heterocycles. The number of nitrogens with zero attached hydrogens (tertiary/aromatic N) is 3. The van der Waals surface area contributed by atoms with Crippen molar-refractivity contribution in [3.8, 4) is 11.6 Å². The summed E-state index contributed by atoms with van der Waals surface area (Å²) >= 11 is 0. The molecule has 0 aliphatic carbocycles. The number of benzene rings is 1. The smallest absolute Gasteiger partial charge is 0.228 e. The van der Waals surface area contributed by atoms with E-state index in [1.807, 2.05) is 0 Å². The fourth-order valence-corrected chi connectivity index (χ4v) is 4.38. The summed E-state index contributed by atoms with van der Waals surface area (Å²) in [6, 6.07) is 9.01. The minimum absolute atomic E-state index is 0.0342. The number of aryl methyl sites for hydroxylation is 1. The fraction of sp³-hybridized carbons (Fsp3) is 0.259. The highest BCUT2D eigenvalue weighted by molar-refractivity contribution is 6.19. The monoisotopic (exact) mass is 501 g/mol. The van der Waals surface area contributed by atoms with Crippen LogP contribution in [0.15, 0.2) is 48.8 Å². The van der Waals surface area contributed by atoms with Crippen LogP contribution in [-0.2, 0) is 4.74 Å². The van der Waals surface area contributed by atoms with Crippen molar-refractivity contribution in [2.24, 2.45) is 0 Å². The van der Waals surface area contributed by atoms with Gasteiger partial charge in [-0.2, -0.15) is 0 Å². The molecule has 1 aromatic carbocycles. The summed E-state index contributed by atoms with van der Waals surface area (Å²) in [6.45, 7) is 9.64. The second-order valence-electron chi connectivity index (χ2n) is 8.76. The summed E-state index contributed by atoms with van der Waals surface area (Å²) in [6.07, 6.45) is 4.26. The molecule has 3 aromatic heterocycles. The zero-order valence-corrected chi connectivity index (χ0v) is 20.0. The number of nitrogens with one attached hydrogen (secondary N) is 2. The molecule has 4 heterocycles. The van der Waals surface area contributed by atoms with Gasteiger partial charge in [-0.1, -0.05) is 12.1 Å². The Hall–Kier alpha value is -4.33. The molecule has 1 aliphatic heterocycles. The largest absolute Gasteiger partial charge is 0.436 e. The maximum Gasteiger partial charge on any atom is 0.228 e. The van der Waals surface area contributed by atoms with Crippen molar-refractivity contribution in [2.75, 3.05) is 18.5 Å². The number of fused-ring (bicyclic) bond motifs is 1. The lowest BCUT2D eigenvalue weighted by molar-refractivity contribution is -0.0223. The van der Waals surface area contributed by atoms with Gasteiger partial charge in [-0.05, 0) is 38.0 Å². The molecule has 3 N–H and O–H groups in total. The number of ketones is 1. The van der Waals surface area contributed by atoms with Gasteiger partial charge in [0.15, 0.2) is 17.3 Å². The number of aliphatic hydroxyl groups excluding tert-OH is 1. The molecule has 0 unspecified atom stereocenters. The van der Waals surface area contributed by atoms with Gasteiger partial charge in [0.05, 0.1) is 42.8 Å². The molecule has 37 heavy (non-hydrogen) atoms. The van der Waals surface area contributed by atoms with Crippen molar-refractivity contribution in [2.45, 2.75) is 31.9 Å². The van der Waals surface area contributed by atoms with Crippen LogP contribution in [0.4, 0.5) is 15.8 Å². The quantitative estimate of drug-likeness (QED) is 0.243. The van der Waals surface area contributed by atoms with Crippen molar-refractivity contribution in [3.63, 3.8) is 0 Å². The molecular formula is C27H24FN5O4. The maximum atomic E-state index is 14.0. The van der Waals surface area contributed by atoms with Gasteiger partial charge in [0.1, 0.15) is 5.65 Å². The Kier molecular flexibility index (Phi) is 6.81. The van der Waals surface area contributed by atoms with E-state index < -0.39 is 5.82 Å². The third kappa shape index (κ3) is 4.87. The molecule has 5 rings (SSSR count). The van der Waals surface area contributed by atoms with Crippen LogP contribution in [0.3, 0.4) is 0 Å². The number of rotatable bonds is 7. The van der Waals surface area contributed by atoms with Gasteiger partial charge in [0.2, 0.25) is 11.6 Å². The molecule has 1 aliphatic rings. The predicted molar refractivity (Wildman–Crippen MR) is 135 cm³/mol. The number of hydrogen-bond donors (Lipinski definition) is 3. The van der Waals surface area contributed by atoms with Gasteiger partial charge in [0.25, 0.3) is 0 Å². The van der Waals surface area contributed by atoms with Crippen LogP contribution in [0.25, 0.3) is 15.9 Å². The zero-order valence-electron chi connectivity index (χ0n) is 20.0. The summed E-state index contributed by atoms with van der Waals surface area (Å²) in [5.74, 6) is -0.619. The highest BCUT2D eigenvalue weighted by atomic mass is 19.1. The van der Waals surface area contributed by atoms with Crippen molar-refractivity contribution in [1.82, 2.24) is 15.0 Å². The molecular weight excluding hydrogens is 477 g/mol. The van der Waals surface area contributed by atoms with E-state index in [4.69, 9.17) is 16.0 Å². The normalized spacial score (nSPS) is 17.4. The molecule has 10 heteroatoms. The molecule has 188 valence electrons. The van der Waals surface area contributed by atoms with E-state index in [1.54, 1.807) is 31.3 Å². The Morgan fingerprint density at radius 2 is 2.14 bits per heavy atom. The molecule has 0 bridgehead atoms. The van der Waals surface area contributed by atoms with E-state index in [-0.39, 0.29) is 41.9 Å². The second kappa shape index (κ2) is 10.3. The SMILES string of the molecule is [C-]#[N+]c1cnc2[nH]cc(C(=O)c3ccc(Oc4ccccc4F)nc3C)c2c1N[C@@H]1CC[C@@H](CO)OC1. The highest BCUT2D eigenvalue weighted by Gasteiger charge is 2.26. The third-order valence-electron chi connectivity index (χ3n) is 6.32. The number of carbonyl (C=O) groups excluding carboxylic acids is 1. The minimum atomic E-state index is -0.515. The van der Waals surface area contributed by atoms with Crippen molar-refractivity contribution >= 4 is 28.2 Å². The van der Waals surface area contributed by atoms with Crippen LogP contribution in [0.2, 0.25) is 0 Å². The number of carbonyl (C=O) groups is 1. The van der Waals surface area contributed by atoms with Gasteiger partial charge >= 0.3 is 0 Å². The number of anilines is 1. The highest BCUT2D eigenvalue weighted by Crippen LogP contribution is 2.37. The van der Waals surface area contributed by atoms with Crippen LogP contribution in [0.1, 0.15) is 34.5 Å². The summed E-state index contributed by atoms with van der Waals surface area (Å²) < 4.78 is 25.2. The van der Waals surface area contributed by atoms with E-state index in [1.165, 1.54) is 24.4 Å². The molecule has 0 spiro atoms. The van der Waals surface area contributed by atoms with Gasteiger partial charge in [0, 0.05) is 35.5 Å². The lowest BCUT2D eigenvalue weighted by atomic mass is 10.00. The molecule has 0 radical (unpaired) electrons. The number of para-hydroxylation sites is 1. The third-order valence-corrected chi connectivity index (χ3v) is 6.32. The number of aromatic nitrogens is 3. The van der Waals surface area contributed by atoms with Crippen molar-refractivity contribution in [1.29, 1.82) is 0 Å².